The Morgan fingerprint density at radius 3 is 2.25 bits per heavy atom. The van der Waals surface area contributed by atoms with Gasteiger partial charge >= 0.3 is 8.25 Å². The van der Waals surface area contributed by atoms with Gasteiger partial charge in [-0.2, -0.15) is 0 Å². The zero-order valence-corrected chi connectivity index (χ0v) is 39.1. The SMILES string of the molecule is C#C.Cc1nc(C)c2ncn([C@@H]3O[C@H](CO)C(C)[C@@H]3Nc3c(CC[C@H]4O[C@@H](n5cnc6c(NC(=O)c7ccccc7)ncnc65)[C@@H](O[Si](C)(C)C(C)(C)C)C4O[P+](=O)O)c(=O)c3=O)c2n1. The molecule has 3 unspecified atom stereocenters. The van der Waals surface area contributed by atoms with Crippen molar-refractivity contribution in [1.29, 1.82) is 0 Å². The summed E-state index contributed by atoms with van der Waals surface area (Å²) in [4.78, 5) is 76.9. The molecule has 0 radical (unpaired) electrons. The first-order valence-corrected chi connectivity index (χ1v) is 25.0. The second-order valence-electron chi connectivity index (χ2n) is 17.6. The smallest absolute Gasteiger partial charge is 0.406 e. The average Bonchev–Trinajstić information content (AvgIpc) is 4.04. The second-order valence-corrected chi connectivity index (χ2v) is 23.0. The third-order valence-electron chi connectivity index (χ3n) is 12.6. The number of benzene rings is 1. The number of aromatic nitrogens is 8. The summed E-state index contributed by atoms with van der Waals surface area (Å²) < 4.78 is 41.6. The maximum atomic E-state index is 13.3. The Morgan fingerprint density at radius 2 is 1.58 bits per heavy atom. The van der Waals surface area contributed by atoms with E-state index in [1.165, 1.54) is 12.7 Å². The van der Waals surface area contributed by atoms with Crippen LogP contribution in [0.15, 0.2) is 58.9 Å². The summed E-state index contributed by atoms with van der Waals surface area (Å²) in [6.07, 6.45) is 7.01. The van der Waals surface area contributed by atoms with Gasteiger partial charge in [-0.1, -0.05) is 45.9 Å². The van der Waals surface area contributed by atoms with Crippen molar-refractivity contribution in [2.45, 2.75) is 115 Å². The number of aliphatic hydroxyl groups is 1. The Bertz CT molecular complexity index is 2820. The fraction of sp³-hybridized carbons (Fsp3) is 0.465. The number of amides is 1. The van der Waals surface area contributed by atoms with E-state index < -0.39 is 76.3 Å². The lowest BCUT2D eigenvalue weighted by Crippen LogP contribution is -2.49. The molecule has 20 nitrogen and oxygen atoms in total. The van der Waals surface area contributed by atoms with Gasteiger partial charge in [0.2, 0.25) is 10.9 Å². The molecule has 2 aliphatic rings. The zero-order chi connectivity index (χ0) is 47.1. The summed E-state index contributed by atoms with van der Waals surface area (Å²) >= 11 is 0. The van der Waals surface area contributed by atoms with Gasteiger partial charge in [-0.25, -0.2) is 29.9 Å². The highest BCUT2D eigenvalue weighted by molar-refractivity contribution is 7.32. The van der Waals surface area contributed by atoms with E-state index >= 15 is 0 Å². The van der Waals surface area contributed by atoms with Gasteiger partial charge in [0.25, 0.3) is 5.91 Å². The molecule has 1 amide bonds. The molecule has 0 aliphatic carbocycles. The van der Waals surface area contributed by atoms with Crippen LogP contribution >= 0.6 is 8.25 Å². The normalized spacial score (nSPS) is 23.7. The van der Waals surface area contributed by atoms with Gasteiger partial charge < -0.3 is 29.6 Å². The number of rotatable bonds is 14. The van der Waals surface area contributed by atoms with Crippen molar-refractivity contribution in [3.05, 3.63) is 92.4 Å². The molecule has 2 fully saturated rings. The van der Waals surface area contributed by atoms with E-state index in [1.54, 1.807) is 52.7 Å². The number of hydrogen-bond donors (Lipinski definition) is 4. The quantitative estimate of drug-likeness (QED) is 0.0502. The van der Waals surface area contributed by atoms with Gasteiger partial charge in [-0.3, -0.25) is 23.5 Å². The number of anilines is 2. The Balaban J connectivity index is 0.00000311. The van der Waals surface area contributed by atoms with Crippen LogP contribution in [-0.4, -0.2) is 100 Å². The van der Waals surface area contributed by atoms with E-state index in [0.717, 1.165) is 0 Å². The van der Waals surface area contributed by atoms with Crippen LogP contribution in [0.25, 0.3) is 22.3 Å². The highest BCUT2D eigenvalue weighted by atomic mass is 31.1. The van der Waals surface area contributed by atoms with Crippen LogP contribution in [0.2, 0.25) is 18.1 Å². The molecule has 0 bridgehead atoms. The first-order chi connectivity index (χ1) is 30.9. The van der Waals surface area contributed by atoms with E-state index in [1.807, 2.05) is 26.9 Å². The summed E-state index contributed by atoms with van der Waals surface area (Å²) in [5.74, 6) is -0.0358. The number of hydrogen-bond acceptors (Lipinski definition) is 16. The highest BCUT2D eigenvalue weighted by Crippen LogP contribution is 2.46. The summed E-state index contributed by atoms with van der Waals surface area (Å²) in [7, 11) is -5.84. The number of carbonyl (C=O) groups excluding carboxylic acids is 1. The minimum absolute atomic E-state index is 0.0252. The zero-order valence-electron chi connectivity index (χ0n) is 37.2. The van der Waals surface area contributed by atoms with Crippen LogP contribution in [0.3, 0.4) is 0 Å². The molecule has 9 atom stereocenters. The Morgan fingerprint density at radius 1 is 0.923 bits per heavy atom. The van der Waals surface area contributed by atoms with Gasteiger partial charge in [-0.05, 0) is 57.0 Å². The van der Waals surface area contributed by atoms with Crippen LogP contribution in [0, 0.1) is 32.6 Å². The van der Waals surface area contributed by atoms with Crippen molar-refractivity contribution >= 4 is 56.3 Å². The van der Waals surface area contributed by atoms with Gasteiger partial charge in [0.05, 0.1) is 48.9 Å². The fourth-order valence-electron chi connectivity index (χ4n) is 8.13. The standard InChI is InChI=1S/C41H49N10O10PSi.C2H2/c1-20-26(16-52)59-39(51-18-44-28-21(2)46-22(3)47-37(28)51)27(20)48-29-24(31(53)32(29)54)14-15-25-33(60-62(56)57)34(61-63(7,8)41(4,5)6)40(58-25)50-19-45-30-35(42-17-43-36(30)50)49-38(55)23-12-10-9-11-13-23;1-2/h9-13,17-20,25-27,33-34,39-40,52H,14-16H2,1-8H3,(H2-,42,43,48,49,53,55,56,57);1-2H/p+1/t20?,25-,26-,27+,33?,34+,39-,40-;/m1./s1. The number of ether oxygens (including phenoxy) is 2. The number of aryl methyl sites for hydroxylation is 2. The lowest BCUT2D eigenvalue weighted by molar-refractivity contribution is -0.0337. The van der Waals surface area contributed by atoms with E-state index in [0.29, 0.717) is 28.2 Å². The first kappa shape index (κ1) is 47.3. The molecular weight excluding hydrogens is 876 g/mol. The summed E-state index contributed by atoms with van der Waals surface area (Å²) in [5.41, 5.74) is 1.68. The van der Waals surface area contributed by atoms with Crippen LogP contribution in [0.1, 0.15) is 74.0 Å². The predicted molar refractivity (Wildman–Crippen MR) is 242 cm³/mol. The molecule has 6 aromatic rings. The molecule has 65 heavy (non-hydrogen) atoms. The monoisotopic (exact) mass is 927 g/mol. The van der Waals surface area contributed by atoms with Crippen LogP contribution < -0.4 is 21.5 Å². The molecule has 2 aliphatic heterocycles. The topological polar surface area (TPSA) is 257 Å². The number of terminal acetylenes is 1. The molecule has 4 aromatic heterocycles. The van der Waals surface area contributed by atoms with E-state index in [4.69, 9.17) is 18.4 Å². The summed E-state index contributed by atoms with van der Waals surface area (Å²) in [6.45, 7) is 15.4. The maximum absolute atomic E-state index is 13.3. The number of nitrogens with zero attached hydrogens (tertiary/aromatic N) is 8. The molecule has 0 saturated carbocycles. The van der Waals surface area contributed by atoms with E-state index in [-0.39, 0.29) is 58.6 Å². The lowest BCUT2D eigenvalue weighted by Gasteiger charge is -2.40. The Hall–Kier alpha value is -5.69. The second kappa shape index (κ2) is 18.7. The van der Waals surface area contributed by atoms with Crippen molar-refractivity contribution < 1.29 is 37.8 Å². The van der Waals surface area contributed by atoms with Crippen molar-refractivity contribution in [2.24, 2.45) is 5.92 Å². The molecule has 2 aromatic carbocycles. The lowest BCUT2D eigenvalue weighted by atomic mass is 9.94. The summed E-state index contributed by atoms with van der Waals surface area (Å²) in [5, 5.41) is 16.0. The van der Waals surface area contributed by atoms with Crippen molar-refractivity contribution in [2.75, 3.05) is 17.2 Å². The largest absolute Gasteiger partial charge is 0.695 e. The van der Waals surface area contributed by atoms with Crippen LogP contribution in [0.4, 0.5) is 11.5 Å². The third-order valence-corrected chi connectivity index (χ3v) is 17.5. The van der Waals surface area contributed by atoms with Crippen molar-refractivity contribution in [1.82, 2.24) is 39.0 Å². The van der Waals surface area contributed by atoms with Gasteiger partial charge in [0.1, 0.15) is 23.8 Å². The van der Waals surface area contributed by atoms with Gasteiger partial charge in [0, 0.05) is 21.6 Å². The molecule has 4 N–H and O–H groups in total. The molecular formula is C43H52N10O10PSi+. The Kier molecular flexibility index (Phi) is 13.6. The van der Waals surface area contributed by atoms with E-state index in [2.05, 4.69) is 74.2 Å². The van der Waals surface area contributed by atoms with E-state index in [9.17, 15) is 28.9 Å². The molecule has 0 spiro atoms. The average molecular weight is 928 g/mol. The van der Waals surface area contributed by atoms with Crippen molar-refractivity contribution in [3.63, 3.8) is 0 Å². The number of carbonyl (C=O) groups is 1. The highest BCUT2D eigenvalue weighted by Gasteiger charge is 2.55. The van der Waals surface area contributed by atoms with Crippen LogP contribution in [0.5, 0.6) is 0 Å². The molecule has 6 heterocycles. The first-order valence-electron chi connectivity index (χ1n) is 20.9. The number of imidazole rings is 2. The minimum Gasteiger partial charge on any atom is -0.406 e. The van der Waals surface area contributed by atoms with Gasteiger partial charge in [-0.15, -0.1) is 22.3 Å². The molecule has 8 rings (SSSR count). The fourth-order valence-corrected chi connectivity index (χ4v) is 9.88. The summed E-state index contributed by atoms with van der Waals surface area (Å²) in [6, 6.07) is 8.04. The predicted octanol–water partition coefficient (Wildman–Crippen LogP) is 4.64. The maximum Gasteiger partial charge on any atom is 0.695 e. The van der Waals surface area contributed by atoms with Crippen LogP contribution in [-0.2, 0) is 29.4 Å². The molecule has 22 heteroatoms. The third kappa shape index (κ3) is 9.00. The molecule has 342 valence electrons. The van der Waals surface area contributed by atoms with Gasteiger partial charge in [0.15, 0.2) is 49.5 Å². The van der Waals surface area contributed by atoms with Crippen molar-refractivity contribution in [3.8, 4) is 12.8 Å². The minimum atomic E-state index is -3.17. The Labute approximate surface area is 375 Å². The molecule has 2 saturated heterocycles. The number of aliphatic hydroxyl groups excluding tert-OH is 1. The number of fused-ring (bicyclic) bond motifs is 2. The number of nitrogens with one attached hydrogen (secondary N) is 2.